The molecule has 2 heterocycles. The zero-order valence-electron chi connectivity index (χ0n) is 13.0. The molecular weight excluding hydrogens is 280 g/mol. The van der Waals surface area contributed by atoms with E-state index in [1.807, 2.05) is 36.1 Å². The van der Waals surface area contributed by atoms with Crippen molar-refractivity contribution in [1.82, 2.24) is 4.90 Å². The minimum atomic E-state index is -0.199. The summed E-state index contributed by atoms with van der Waals surface area (Å²) in [6, 6.07) is 7.54. The number of nitrogens with two attached hydrogens (primary N) is 1. The summed E-state index contributed by atoms with van der Waals surface area (Å²) >= 11 is 0. The van der Waals surface area contributed by atoms with Crippen LogP contribution in [0.15, 0.2) is 24.3 Å². The molecule has 3 rings (SSSR count). The van der Waals surface area contributed by atoms with Gasteiger partial charge in [-0.3, -0.25) is 4.79 Å². The van der Waals surface area contributed by atoms with E-state index in [2.05, 4.69) is 0 Å². The first-order chi connectivity index (χ1) is 10.7. The van der Waals surface area contributed by atoms with Gasteiger partial charge in [-0.15, -0.1) is 0 Å². The molecule has 2 saturated heterocycles. The lowest BCUT2D eigenvalue weighted by Gasteiger charge is -2.30. The maximum atomic E-state index is 12.4. The molecule has 5 heteroatoms. The van der Waals surface area contributed by atoms with E-state index in [1.165, 1.54) is 0 Å². The van der Waals surface area contributed by atoms with E-state index in [-0.39, 0.29) is 24.1 Å². The minimum Gasteiger partial charge on any atom is -0.494 e. The van der Waals surface area contributed by atoms with Crippen LogP contribution in [-0.4, -0.2) is 42.7 Å². The highest BCUT2D eigenvalue weighted by Crippen LogP contribution is 2.37. The van der Waals surface area contributed by atoms with Crippen LogP contribution in [0.2, 0.25) is 0 Å². The van der Waals surface area contributed by atoms with E-state index in [0.29, 0.717) is 19.6 Å². The molecule has 3 atom stereocenters. The van der Waals surface area contributed by atoms with Crippen LogP contribution in [0.4, 0.5) is 0 Å². The Hall–Kier alpha value is -1.59. The second-order valence-corrected chi connectivity index (χ2v) is 5.96. The molecule has 0 aromatic heterocycles. The summed E-state index contributed by atoms with van der Waals surface area (Å²) in [7, 11) is 0. The third-order valence-corrected chi connectivity index (χ3v) is 4.43. The van der Waals surface area contributed by atoms with Crippen LogP contribution in [0.1, 0.15) is 37.8 Å². The van der Waals surface area contributed by atoms with E-state index < -0.39 is 0 Å². The number of likely N-dealkylation sites (tertiary alicyclic amines) is 1. The molecule has 0 radical (unpaired) electrons. The first-order valence-corrected chi connectivity index (χ1v) is 8.09. The van der Waals surface area contributed by atoms with Crippen molar-refractivity contribution in [2.45, 2.75) is 44.4 Å². The Balaban J connectivity index is 1.86. The number of rotatable bonds is 5. The molecule has 2 fully saturated rings. The Morgan fingerprint density at radius 1 is 1.41 bits per heavy atom. The number of hydrogen-bond acceptors (Lipinski definition) is 4. The van der Waals surface area contributed by atoms with Crippen LogP contribution >= 0.6 is 0 Å². The highest BCUT2D eigenvalue weighted by molar-refractivity contribution is 5.80. The van der Waals surface area contributed by atoms with Gasteiger partial charge in [-0.25, -0.2) is 0 Å². The molecule has 5 nitrogen and oxygen atoms in total. The summed E-state index contributed by atoms with van der Waals surface area (Å²) in [5.41, 5.74) is 7.27. The van der Waals surface area contributed by atoms with Crippen molar-refractivity contribution in [3.8, 4) is 5.75 Å². The molecule has 1 aromatic carbocycles. The van der Waals surface area contributed by atoms with Gasteiger partial charge in [-0.1, -0.05) is 18.2 Å². The molecule has 0 spiro atoms. The number of benzene rings is 1. The second kappa shape index (κ2) is 6.67. The molecule has 0 bridgehead atoms. The number of amides is 1. The number of para-hydroxylation sites is 1. The van der Waals surface area contributed by atoms with Gasteiger partial charge in [0.25, 0.3) is 0 Å². The van der Waals surface area contributed by atoms with Crippen LogP contribution in [0, 0.1) is 0 Å². The first-order valence-electron chi connectivity index (χ1n) is 8.09. The number of ether oxygens (including phenoxy) is 2. The minimum absolute atomic E-state index is 0.110. The molecule has 120 valence electrons. The van der Waals surface area contributed by atoms with E-state index in [0.717, 1.165) is 30.8 Å². The third-order valence-electron chi connectivity index (χ3n) is 4.43. The monoisotopic (exact) mass is 304 g/mol. The fourth-order valence-corrected chi connectivity index (χ4v) is 3.45. The zero-order valence-corrected chi connectivity index (χ0v) is 13.0. The van der Waals surface area contributed by atoms with Crippen LogP contribution in [0.5, 0.6) is 5.75 Å². The number of carbonyl (C=O) groups excluding carboxylic acids is 1. The van der Waals surface area contributed by atoms with Crippen molar-refractivity contribution in [1.29, 1.82) is 0 Å². The van der Waals surface area contributed by atoms with Crippen molar-refractivity contribution >= 4 is 5.91 Å². The molecule has 2 N–H and O–H groups in total. The summed E-state index contributed by atoms with van der Waals surface area (Å²) in [6.07, 6.45) is 2.60. The quantitative estimate of drug-likeness (QED) is 0.902. The van der Waals surface area contributed by atoms with Crippen molar-refractivity contribution in [2.24, 2.45) is 5.73 Å². The van der Waals surface area contributed by atoms with Gasteiger partial charge in [0.1, 0.15) is 5.75 Å². The molecule has 1 amide bonds. The Morgan fingerprint density at radius 3 is 2.95 bits per heavy atom. The van der Waals surface area contributed by atoms with Crippen LogP contribution < -0.4 is 10.5 Å². The predicted octanol–water partition coefficient (Wildman–Crippen LogP) is 1.86. The summed E-state index contributed by atoms with van der Waals surface area (Å²) < 4.78 is 11.4. The highest BCUT2D eigenvalue weighted by atomic mass is 16.5. The molecule has 0 aliphatic carbocycles. The summed E-state index contributed by atoms with van der Waals surface area (Å²) in [6.45, 7) is 3.97. The van der Waals surface area contributed by atoms with E-state index in [1.54, 1.807) is 0 Å². The van der Waals surface area contributed by atoms with Gasteiger partial charge in [0, 0.05) is 31.2 Å². The van der Waals surface area contributed by atoms with Gasteiger partial charge in [-0.2, -0.15) is 0 Å². The molecule has 0 saturated carbocycles. The smallest absolute Gasteiger partial charge is 0.224 e. The van der Waals surface area contributed by atoms with E-state index in [9.17, 15) is 4.79 Å². The third kappa shape index (κ3) is 2.96. The molecule has 2 aliphatic heterocycles. The van der Waals surface area contributed by atoms with E-state index >= 15 is 0 Å². The standard InChI is InChI=1S/C17H24N2O3/c1-2-21-15-8-4-3-7-13(15)17-14(18)10-16(20)19(17)11-12-6-5-9-22-12/h3-4,7-8,12,14,17H,2,5-6,9-11,18H2,1H3. The van der Waals surface area contributed by atoms with Gasteiger partial charge < -0.3 is 20.1 Å². The Bertz CT molecular complexity index is 528. The maximum absolute atomic E-state index is 12.4. The maximum Gasteiger partial charge on any atom is 0.224 e. The lowest BCUT2D eigenvalue weighted by molar-refractivity contribution is -0.130. The summed E-state index contributed by atoms with van der Waals surface area (Å²) in [5.74, 6) is 0.928. The second-order valence-electron chi connectivity index (χ2n) is 5.96. The van der Waals surface area contributed by atoms with Crippen molar-refractivity contribution < 1.29 is 14.3 Å². The predicted molar refractivity (Wildman–Crippen MR) is 83.6 cm³/mol. The topological polar surface area (TPSA) is 64.8 Å². The number of nitrogens with zero attached hydrogens (tertiary/aromatic N) is 1. The van der Waals surface area contributed by atoms with Crippen LogP contribution in [-0.2, 0) is 9.53 Å². The fourth-order valence-electron chi connectivity index (χ4n) is 3.45. The molecular formula is C17H24N2O3. The molecule has 2 aliphatic rings. The summed E-state index contributed by atoms with van der Waals surface area (Å²) in [4.78, 5) is 14.3. The fraction of sp³-hybridized carbons (Fsp3) is 0.588. The Kier molecular flexibility index (Phi) is 4.64. The number of hydrogen-bond donors (Lipinski definition) is 1. The lowest BCUT2D eigenvalue weighted by atomic mass is 9.99. The molecule has 3 unspecified atom stereocenters. The van der Waals surface area contributed by atoms with E-state index in [4.69, 9.17) is 15.2 Å². The van der Waals surface area contributed by atoms with Crippen LogP contribution in [0.25, 0.3) is 0 Å². The normalized spacial score (nSPS) is 28.4. The van der Waals surface area contributed by atoms with Crippen molar-refractivity contribution in [3.63, 3.8) is 0 Å². The zero-order chi connectivity index (χ0) is 15.5. The molecule has 1 aromatic rings. The summed E-state index contributed by atoms with van der Waals surface area (Å²) in [5, 5.41) is 0. The van der Waals surface area contributed by atoms with Crippen molar-refractivity contribution in [2.75, 3.05) is 19.8 Å². The Labute approximate surface area is 131 Å². The van der Waals surface area contributed by atoms with Gasteiger partial charge in [0.15, 0.2) is 0 Å². The van der Waals surface area contributed by atoms with Gasteiger partial charge >= 0.3 is 0 Å². The first kappa shape index (κ1) is 15.3. The Morgan fingerprint density at radius 2 is 2.23 bits per heavy atom. The molecule has 22 heavy (non-hydrogen) atoms. The average Bonchev–Trinajstić information content (AvgIpc) is 3.10. The van der Waals surface area contributed by atoms with Gasteiger partial charge in [0.2, 0.25) is 5.91 Å². The lowest BCUT2D eigenvalue weighted by Crippen LogP contribution is -2.38. The van der Waals surface area contributed by atoms with Gasteiger partial charge in [-0.05, 0) is 25.8 Å². The SMILES string of the molecule is CCOc1ccccc1C1C(N)CC(=O)N1CC1CCCO1. The van der Waals surface area contributed by atoms with Crippen LogP contribution in [0.3, 0.4) is 0 Å². The average molecular weight is 304 g/mol. The highest BCUT2D eigenvalue weighted by Gasteiger charge is 2.41. The number of carbonyl (C=O) groups is 1. The largest absolute Gasteiger partial charge is 0.494 e. The van der Waals surface area contributed by atoms with Gasteiger partial charge in [0.05, 0.1) is 18.8 Å². The van der Waals surface area contributed by atoms with Crippen molar-refractivity contribution in [3.05, 3.63) is 29.8 Å².